The fourth-order valence-electron chi connectivity index (χ4n) is 2.86. The number of nitrogens with one attached hydrogen (secondary N) is 1. The number of hydrogen-bond donors (Lipinski definition) is 1. The van der Waals surface area contributed by atoms with E-state index in [2.05, 4.69) is 24.4 Å². The molecule has 1 amide bonds. The maximum atomic E-state index is 12.1. The lowest BCUT2D eigenvalue weighted by molar-refractivity contribution is -0.123. The summed E-state index contributed by atoms with van der Waals surface area (Å²) in [6, 6.07) is 20.9. The Morgan fingerprint density at radius 2 is 1.61 bits per heavy atom. The van der Waals surface area contributed by atoms with Gasteiger partial charge < -0.3 is 9.47 Å². The van der Waals surface area contributed by atoms with E-state index in [4.69, 9.17) is 21.1 Å². The molecular formula is C26H25ClN2O4. The quantitative estimate of drug-likeness (QED) is 0.193. The molecule has 170 valence electrons. The number of hydrogen-bond acceptors (Lipinski definition) is 5. The van der Waals surface area contributed by atoms with Gasteiger partial charge in [-0.1, -0.05) is 37.6 Å². The van der Waals surface area contributed by atoms with E-state index in [1.165, 1.54) is 11.8 Å². The molecule has 0 aromatic heterocycles. The maximum Gasteiger partial charge on any atom is 0.343 e. The normalized spacial score (nSPS) is 11.7. The van der Waals surface area contributed by atoms with Crippen LogP contribution in [0.4, 0.5) is 0 Å². The number of carbonyl (C=O) groups excluding carboxylic acids is 2. The van der Waals surface area contributed by atoms with Gasteiger partial charge in [-0.3, -0.25) is 4.79 Å². The monoisotopic (exact) mass is 464 g/mol. The highest BCUT2D eigenvalue weighted by atomic mass is 35.5. The van der Waals surface area contributed by atoms with Gasteiger partial charge in [-0.25, -0.2) is 10.2 Å². The lowest BCUT2D eigenvalue weighted by Crippen LogP contribution is -2.24. The maximum absolute atomic E-state index is 12.1. The first kappa shape index (κ1) is 24.0. The zero-order valence-electron chi connectivity index (χ0n) is 18.5. The van der Waals surface area contributed by atoms with Gasteiger partial charge in [-0.15, -0.1) is 0 Å². The van der Waals surface area contributed by atoms with E-state index in [1.54, 1.807) is 48.5 Å². The van der Waals surface area contributed by atoms with Crippen LogP contribution in [-0.4, -0.2) is 24.7 Å². The molecule has 0 unspecified atom stereocenters. The van der Waals surface area contributed by atoms with Gasteiger partial charge in [-0.2, -0.15) is 5.10 Å². The highest BCUT2D eigenvalue weighted by Crippen LogP contribution is 2.21. The number of esters is 1. The predicted molar refractivity (Wildman–Crippen MR) is 129 cm³/mol. The average molecular weight is 465 g/mol. The first-order chi connectivity index (χ1) is 15.9. The van der Waals surface area contributed by atoms with Crippen LogP contribution in [-0.2, 0) is 4.79 Å². The molecule has 1 N–H and O–H groups in total. The van der Waals surface area contributed by atoms with E-state index in [1.807, 2.05) is 24.3 Å². The van der Waals surface area contributed by atoms with E-state index in [9.17, 15) is 9.59 Å². The van der Waals surface area contributed by atoms with Gasteiger partial charge in [0, 0.05) is 5.02 Å². The predicted octanol–water partition coefficient (Wildman–Crippen LogP) is 5.60. The second-order valence-corrected chi connectivity index (χ2v) is 7.86. The summed E-state index contributed by atoms with van der Waals surface area (Å²) in [5.41, 5.74) is 4.79. The van der Waals surface area contributed by atoms with Gasteiger partial charge in [0.2, 0.25) is 0 Å². The number of ether oxygens (including phenoxy) is 2. The molecule has 1 atom stereocenters. The van der Waals surface area contributed by atoms with Crippen LogP contribution < -0.4 is 14.9 Å². The van der Waals surface area contributed by atoms with Crippen molar-refractivity contribution in [3.8, 4) is 11.5 Å². The molecule has 7 heteroatoms. The van der Waals surface area contributed by atoms with Crippen LogP contribution in [0.5, 0.6) is 11.5 Å². The Labute approximate surface area is 198 Å². The van der Waals surface area contributed by atoms with Crippen LogP contribution in [0.1, 0.15) is 47.7 Å². The Bertz CT molecular complexity index is 1090. The smallest absolute Gasteiger partial charge is 0.343 e. The molecule has 0 aliphatic carbocycles. The summed E-state index contributed by atoms with van der Waals surface area (Å²) in [5.74, 6) is 0.663. The summed E-state index contributed by atoms with van der Waals surface area (Å²) in [6.07, 6.45) is 2.56. The minimum Gasteiger partial charge on any atom is -0.484 e. The SMILES string of the molecule is CC[C@@H](C)c1ccc(OCC(=O)N/N=C/c2ccc(OC(=O)c3ccc(Cl)cc3)cc2)cc1. The molecule has 6 nitrogen and oxygen atoms in total. The van der Waals surface area contributed by atoms with Crippen LogP contribution in [0, 0.1) is 0 Å². The fraction of sp³-hybridized carbons (Fsp3) is 0.192. The number of rotatable bonds is 9. The van der Waals surface area contributed by atoms with Crippen molar-refractivity contribution in [1.29, 1.82) is 0 Å². The summed E-state index contributed by atoms with van der Waals surface area (Å²) in [7, 11) is 0. The highest BCUT2D eigenvalue weighted by Gasteiger charge is 2.08. The van der Waals surface area contributed by atoms with Crippen molar-refractivity contribution in [3.63, 3.8) is 0 Å². The molecule has 3 aromatic rings. The van der Waals surface area contributed by atoms with Crippen molar-refractivity contribution in [3.05, 3.63) is 94.5 Å². The molecule has 3 rings (SSSR count). The fourth-order valence-corrected chi connectivity index (χ4v) is 2.99. The van der Waals surface area contributed by atoms with Crippen molar-refractivity contribution in [2.24, 2.45) is 5.10 Å². The Kier molecular flexibility index (Phi) is 8.61. The van der Waals surface area contributed by atoms with Crippen LogP contribution in [0.3, 0.4) is 0 Å². The number of halogens is 1. The number of nitrogens with zero attached hydrogens (tertiary/aromatic N) is 1. The van der Waals surface area contributed by atoms with Crippen LogP contribution in [0.2, 0.25) is 5.02 Å². The number of benzene rings is 3. The van der Waals surface area contributed by atoms with Gasteiger partial charge in [0.1, 0.15) is 11.5 Å². The molecule has 0 aliphatic heterocycles. The summed E-state index contributed by atoms with van der Waals surface area (Å²) >= 11 is 5.82. The largest absolute Gasteiger partial charge is 0.484 e. The van der Waals surface area contributed by atoms with Crippen LogP contribution in [0.25, 0.3) is 0 Å². The second kappa shape index (κ2) is 11.8. The molecule has 0 fully saturated rings. The van der Waals surface area contributed by atoms with Crippen molar-refractivity contribution in [2.45, 2.75) is 26.2 Å². The lowest BCUT2D eigenvalue weighted by atomic mass is 9.99. The third kappa shape index (κ3) is 7.47. The van der Waals surface area contributed by atoms with Crippen molar-refractivity contribution >= 4 is 29.7 Å². The molecule has 0 spiro atoms. The summed E-state index contributed by atoms with van der Waals surface area (Å²) in [6.45, 7) is 4.17. The topological polar surface area (TPSA) is 77.0 Å². The van der Waals surface area contributed by atoms with E-state index >= 15 is 0 Å². The van der Waals surface area contributed by atoms with Crippen molar-refractivity contribution in [1.82, 2.24) is 5.43 Å². The molecule has 0 aliphatic rings. The Balaban J connectivity index is 1.43. The molecule has 0 saturated carbocycles. The molecule has 0 bridgehead atoms. The second-order valence-electron chi connectivity index (χ2n) is 7.43. The van der Waals surface area contributed by atoms with E-state index in [-0.39, 0.29) is 12.5 Å². The first-order valence-electron chi connectivity index (χ1n) is 10.6. The summed E-state index contributed by atoms with van der Waals surface area (Å²) in [4.78, 5) is 24.1. The average Bonchev–Trinajstić information content (AvgIpc) is 2.84. The zero-order valence-corrected chi connectivity index (χ0v) is 19.2. The minimum atomic E-state index is -0.477. The van der Waals surface area contributed by atoms with E-state index < -0.39 is 5.97 Å². The van der Waals surface area contributed by atoms with Crippen molar-refractivity contribution < 1.29 is 19.1 Å². The third-order valence-electron chi connectivity index (χ3n) is 5.00. The zero-order chi connectivity index (χ0) is 23.6. The Morgan fingerprint density at radius 3 is 2.24 bits per heavy atom. The molecule has 33 heavy (non-hydrogen) atoms. The number of carbonyl (C=O) groups is 2. The van der Waals surface area contributed by atoms with E-state index in [0.717, 1.165) is 12.0 Å². The lowest BCUT2D eigenvalue weighted by Gasteiger charge is -2.10. The van der Waals surface area contributed by atoms with Crippen LogP contribution >= 0.6 is 11.6 Å². The standard InChI is InChI=1S/C26H25ClN2O4/c1-3-18(2)20-8-14-23(15-9-20)32-17-25(30)29-28-16-19-4-12-24(13-5-19)33-26(31)21-6-10-22(27)11-7-21/h4-16,18H,3,17H2,1-2H3,(H,29,30)/b28-16+/t18-/m1/s1. The molecule has 0 radical (unpaired) electrons. The Morgan fingerprint density at radius 1 is 0.970 bits per heavy atom. The van der Waals surface area contributed by atoms with Gasteiger partial charge in [-0.05, 0) is 84.1 Å². The number of amides is 1. The molecule has 0 saturated heterocycles. The van der Waals surface area contributed by atoms with Gasteiger partial charge >= 0.3 is 5.97 Å². The molecule has 3 aromatic carbocycles. The number of hydrazone groups is 1. The third-order valence-corrected chi connectivity index (χ3v) is 5.26. The molecule has 0 heterocycles. The van der Waals surface area contributed by atoms with Gasteiger partial charge in [0.05, 0.1) is 11.8 Å². The van der Waals surface area contributed by atoms with Crippen LogP contribution in [0.15, 0.2) is 77.9 Å². The van der Waals surface area contributed by atoms with Gasteiger partial charge in [0.15, 0.2) is 6.61 Å². The summed E-state index contributed by atoms with van der Waals surface area (Å²) in [5, 5.41) is 4.47. The van der Waals surface area contributed by atoms with Gasteiger partial charge in [0.25, 0.3) is 5.91 Å². The molecular weight excluding hydrogens is 440 g/mol. The minimum absolute atomic E-state index is 0.139. The highest BCUT2D eigenvalue weighted by molar-refractivity contribution is 6.30. The first-order valence-corrected chi connectivity index (χ1v) is 10.9. The van der Waals surface area contributed by atoms with E-state index in [0.29, 0.717) is 28.0 Å². The Hall–Kier alpha value is -3.64. The van der Waals surface area contributed by atoms with Crippen molar-refractivity contribution in [2.75, 3.05) is 6.61 Å². The summed E-state index contributed by atoms with van der Waals surface area (Å²) < 4.78 is 10.8.